The van der Waals surface area contributed by atoms with Crippen LogP contribution in [0.3, 0.4) is 0 Å². The van der Waals surface area contributed by atoms with E-state index in [0.717, 1.165) is 22.6 Å². The van der Waals surface area contributed by atoms with Crippen molar-refractivity contribution in [1.82, 2.24) is 14.8 Å². The fraction of sp³-hybridized carbons (Fsp3) is 0.160. The van der Waals surface area contributed by atoms with Gasteiger partial charge in [-0.15, -0.1) is 10.2 Å². The molecule has 0 bridgehead atoms. The van der Waals surface area contributed by atoms with Crippen LogP contribution >= 0.6 is 11.8 Å². The summed E-state index contributed by atoms with van der Waals surface area (Å²) in [5, 5.41) is 12.3. The second kappa shape index (κ2) is 10.2. The molecule has 0 unspecified atom stereocenters. The number of aryl methyl sites for hydroxylation is 1. The van der Waals surface area contributed by atoms with Crippen LogP contribution in [0.15, 0.2) is 78.0 Å². The number of nitrogens with zero attached hydrogens (tertiary/aromatic N) is 3. The Hall–Kier alpha value is -3.78. The zero-order valence-electron chi connectivity index (χ0n) is 18.6. The minimum atomic E-state index is -0.158. The van der Waals surface area contributed by atoms with Crippen LogP contribution in [0.2, 0.25) is 0 Å². The summed E-state index contributed by atoms with van der Waals surface area (Å²) < 4.78 is 12.6. The molecule has 33 heavy (non-hydrogen) atoms. The molecule has 0 atom stereocenters. The van der Waals surface area contributed by atoms with E-state index in [1.165, 1.54) is 11.8 Å². The number of methoxy groups -OCH3 is 2. The summed E-state index contributed by atoms with van der Waals surface area (Å²) in [6.07, 6.45) is 0. The Kier molecular flexibility index (Phi) is 6.95. The molecule has 0 aliphatic carbocycles. The molecule has 0 aliphatic rings. The number of aromatic nitrogens is 3. The molecule has 7 nitrogen and oxygen atoms in total. The molecule has 8 heteroatoms. The first kappa shape index (κ1) is 22.4. The molecule has 4 rings (SSSR count). The van der Waals surface area contributed by atoms with Gasteiger partial charge in [-0.25, -0.2) is 0 Å². The van der Waals surface area contributed by atoms with Gasteiger partial charge in [0.15, 0.2) is 11.0 Å². The highest BCUT2D eigenvalue weighted by molar-refractivity contribution is 7.99. The molecule has 1 aromatic heterocycles. The number of rotatable bonds is 8. The Morgan fingerprint density at radius 1 is 0.970 bits per heavy atom. The lowest BCUT2D eigenvalue weighted by Gasteiger charge is -2.12. The van der Waals surface area contributed by atoms with Crippen molar-refractivity contribution in [2.45, 2.75) is 12.1 Å². The van der Waals surface area contributed by atoms with E-state index in [1.54, 1.807) is 14.2 Å². The van der Waals surface area contributed by atoms with Crippen molar-refractivity contribution in [3.8, 4) is 28.6 Å². The highest BCUT2D eigenvalue weighted by Crippen LogP contribution is 2.30. The Balaban J connectivity index is 1.59. The molecule has 1 N–H and O–H groups in total. The summed E-state index contributed by atoms with van der Waals surface area (Å²) >= 11 is 1.32. The van der Waals surface area contributed by atoms with Gasteiger partial charge in [0.2, 0.25) is 5.91 Å². The first-order valence-corrected chi connectivity index (χ1v) is 11.3. The third kappa shape index (κ3) is 5.18. The van der Waals surface area contributed by atoms with Crippen molar-refractivity contribution in [3.63, 3.8) is 0 Å². The number of ether oxygens (including phenoxy) is 2. The van der Waals surface area contributed by atoms with Crippen LogP contribution in [0.4, 0.5) is 5.69 Å². The number of carbonyl (C=O) groups excluding carboxylic acids is 1. The smallest absolute Gasteiger partial charge is 0.234 e. The van der Waals surface area contributed by atoms with Crippen LogP contribution in [0, 0.1) is 6.92 Å². The second-order valence-electron chi connectivity index (χ2n) is 7.25. The Morgan fingerprint density at radius 3 is 2.42 bits per heavy atom. The normalized spacial score (nSPS) is 10.6. The van der Waals surface area contributed by atoms with Crippen molar-refractivity contribution < 1.29 is 14.3 Å². The molecule has 0 radical (unpaired) electrons. The van der Waals surface area contributed by atoms with Gasteiger partial charge in [-0.1, -0.05) is 48.2 Å². The van der Waals surface area contributed by atoms with E-state index in [0.29, 0.717) is 22.4 Å². The Morgan fingerprint density at radius 2 is 1.73 bits per heavy atom. The van der Waals surface area contributed by atoms with Gasteiger partial charge in [0.25, 0.3) is 0 Å². The van der Waals surface area contributed by atoms with E-state index in [2.05, 4.69) is 15.5 Å². The lowest BCUT2D eigenvalue weighted by molar-refractivity contribution is -0.113. The number of benzene rings is 3. The first-order valence-electron chi connectivity index (χ1n) is 10.3. The van der Waals surface area contributed by atoms with Crippen LogP contribution in [-0.2, 0) is 4.79 Å². The Bertz CT molecular complexity index is 1240. The maximum absolute atomic E-state index is 12.7. The summed E-state index contributed by atoms with van der Waals surface area (Å²) in [5.41, 5.74) is 3.49. The number of hydrogen-bond acceptors (Lipinski definition) is 6. The number of hydrogen-bond donors (Lipinski definition) is 1. The highest BCUT2D eigenvalue weighted by atomic mass is 32.2. The van der Waals surface area contributed by atoms with E-state index >= 15 is 0 Å². The quantitative estimate of drug-likeness (QED) is 0.373. The predicted molar refractivity (Wildman–Crippen MR) is 130 cm³/mol. The fourth-order valence-electron chi connectivity index (χ4n) is 3.34. The average molecular weight is 461 g/mol. The SMILES string of the molecule is COc1ccc(-n2c(SCC(=O)Nc3cc(C)ccc3OC)nnc2-c2ccccc2)cc1. The summed E-state index contributed by atoms with van der Waals surface area (Å²) in [4.78, 5) is 12.7. The van der Waals surface area contributed by atoms with Gasteiger partial charge in [0, 0.05) is 11.3 Å². The number of nitrogens with one attached hydrogen (secondary N) is 1. The topological polar surface area (TPSA) is 78.3 Å². The minimum absolute atomic E-state index is 0.158. The third-order valence-electron chi connectivity index (χ3n) is 4.96. The van der Waals surface area contributed by atoms with Gasteiger partial charge in [0.1, 0.15) is 11.5 Å². The molecule has 3 aromatic carbocycles. The van der Waals surface area contributed by atoms with Crippen molar-refractivity contribution in [2.75, 3.05) is 25.3 Å². The number of carbonyl (C=O) groups is 1. The van der Waals surface area contributed by atoms with E-state index in [1.807, 2.05) is 84.3 Å². The molecule has 0 aliphatic heterocycles. The molecule has 0 saturated heterocycles. The van der Waals surface area contributed by atoms with Crippen LogP contribution < -0.4 is 14.8 Å². The second-order valence-corrected chi connectivity index (χ2v) is 8.19. The highest BCUT2D eigenvalue weighted by Gasteiger charge is 2.18. The van der Waals surface area contributed by atoms with Gasteiger partial charge in [-0.3, -0.25) is 9.36 Å². The lowest BCUT2D eigenvalue weighted by Crippen LogP contribution is -2.15. The van der Waals surface area contributed by atoms with E-state index in [4.69, 9.17) is 9.47 Å². The van der Waals surface area contributed by atoms with Crippen molar-refractivity contribution >= 4 is 23.4 Å². The maximum atomic E-state index is 12.7. The molecule has 0 spiro atoms. The summed E-state index contributed by atoms with van der Waals surface area (Å²) in [6.45, 7) is 1.96. The largest absolute Gasteiger partial charge is 0.497 e. The zero-order valence-corrected chi connectivity index (χ0v) is 19.4. The standard InChI is InChI=1S/C25H24N4O3S/c1-17-9-14-22(32-3)21(15-17)26-23(30)16-33-25-28-27-24(18-7-5-4-6-8-18)29(25)19-10-12-20(31-2)13-11-19/h4-15H,16H2,1-3H3,(H,26,30). The van der Waals surface area contributed by atoms with Crippen molar-refractivity contribution in [2.24, 2.45) is 0 Å². The average Bonchev–Trinajstić information content (AvgIpc) is 3.27. The molecule has 168 valence electrons. The minimum Gasteiger partial charge on any atom is -0.497 e. The molecular weight excluding hydrogens is 436 g/mol. The van der Waals surface area contributed by atoms with Crippen molar-refractivity contribution in [3.05, 3.63) is 78.4 Å². The number of thioether (sulfide) groups is 1. The van der Waals surface area contributed by atoms with Gasteiger partial charge in [0.05, 0.1) is 25.7 Å². The predicted octanol–water partition coefficient (Wildman–Crippen LogP) is 4.99. The molecular formula is C25H24N4O3S. The maximum Gasteiger partial charge on any atom is 0.234 e. The third-order valence-corrected chi connectivity index (χ3v) is 5.89. The summed E-state index contributed by atoms with van der Waals surface area (Å²) in [5.74, 6) is 2.08. The first-order chi connectivity index (χ1) is 16.1. The summed E-state index contributed by atoms with van der Waals surface area (Å²) in [7, 11) is 3.21. The fourth-order valence-corrected chi connectivity index (χ4v) is 4.09. The van der Waals surface area contributed by atoms with Gasteiger partial charge in [-0.2, -0.15) is 0 Å². The zero-order chi connectivity index (χ0) is 23.2. The number of amides is 1. The lowest BCUT2D eigenvalue weighted by atomic mass is 10.2. The van der Waals surface area contributed by atoms with Crippen LogP contribution in [0.1, 0.15) is 5.56 Å². The van der Waals surface area contributed by atoms with Gasteiger partial charge in [-0.05, 0) is 48.9 Å². The van der Waals surface area contributed by atoms with Crippen LogP contribution in [0.25, 0.3) is 17.1 Å². The van der Waals surface area contributed by atoms with Gasteiger partial charge < -0.3 is 14.8 Å². The van der Waals surface area contributed by atoms with Gasteiger partial charge >= 0.3 is 0 Å². The van der Waals surface area contributed by atoms with E-state index in [9.17, 15) is 4.79 Å². The van der Waals surface area contributed by atoms with Crippen LogP contribution in [0.5, 0.6) is 11.5 Å². The summed E-state index contributed by atoms with van der Waals surface area (Å²) in [6, 6.07) is 23.1. The monoisotopic (exact) mass is 460 g/mol. The van der Waals surface area contributed by atoms with E-state index in [-0.39, 0.29) is 11.7 Å². The van der Waals surface area contributed by atoms with E-state index < -0.39 is 0 Å². The van der Waals surface area contributed by atoms with Crippen LogP contribution in [-0.4, -0.2) is 40.6 Å². The Labute approximate surface area is 196 Å². The molecule has 0 saturated carbocycles. The van der Waals surface area contributed by atoms with Crippen molar-refractivity contribution in [1.29, 1.82) is 0 Å². The molecule has 1 heterocycles. The molecule has 4 aromatic rings. The number of anilines is 1. The molecule has 0 fully saturated rings. The molecule has 1 amide bonds.